The molecule has 0 amide bonds. The van der Waals surface area contributed by atoms with Gasteiger partial charge >= 0.3 is 5.97 Å². The van der Waals surface area contributed by atoms with Crippen molar-refractivity contribution in [2.75, 3.05) is 13.3 Å². The summed E-state index contributed by atoms with van der Waals surface area (Å²) in [6.07, 6.45) is 1.66. The number of ether oxygens (including phenoxy) is 2. The Morgan fingerprint density at radius 1 is 1.40 bits per heavy atom. The second-order valence-corrected chi connectivity index (χ2v) is 8.48. The van der Waals surface area contributed by atoms with E-state index in [1.807, 2.05) is 25.7 Å². The van der Waals surface area contributed by atoms with Crippen LogP contribution in [0.1, 0.15) is 33.6 Å². The molecule has 0 aromatic carbocycles. The van der Waals surface area contributed by atoms with Gasteiger partial charge in [-0.1, -0.05) is 6.58 Å². The molecule has 1 saturated heterocycles. The third-order valence-corrected chi connectivity index (χ3v) is 3.77. The SMILES string of the molecule is C=C(C)C(C)(C)OCN1CCCC1C(=O)OC(S)(S)S. The van der Waals surface area contributed by atoms with Crippen LogP contribution in [0.4, 0.5) is 0 Å². The zero-order valence-corrected chi connectivity index (χ0v) is 14.8. The third-order valence-electron chi connectivity index (χ3n) is 3.49. The molecule has 0 radical (unpaired) electrons. The molecule has 20 heavy (non-hydrogen) atoms. The maximum absolute atomic E-state index is 12.0. The largest absolute Gasteiger partial charge is 0.428 e. The molecule has 1 rings (SSSR count). The van der Waals surface area contributed by atoms with E-state index in [1.165, 1.54) is 0 Å². The molecule has 1 heterocycles. The molecular weight excluding hydrogens is 314 g/mol. The van der Waals surface area contributed by atoms with Crippen molar-refractivity contribution in [3.63, 3.8) is 0 Å². The normalized spacial score (nSPS) is 21.0. The Morgan fingerprint density at radius 3 is 2.50 bits per heavy atom. The standard InChI is InChI=1S/C13H23NO3S3/c1-9(2)12(3,4)16-8-14-7-5-6-10(14)11(15)17-13(18,19)20/h10,18-20H,1,5-8H2,2-4H3. The van der Waals surface area contributed by atoms with Crippen molar-refractivity contribution < 1.29 is 14.3 Å². The van der Waals surface area contributed by atoms with Gasteiger partial charge in [-0.2, -0.15) is 0 Å². The van der Waals surface area contributed by atoms with E-state index in [1.54, 1.807) is 0 Å². The molecule has 1 aliphatic rings. The molecule has 0 aromatic heterocycles. The molecule has 116 valence electrons. The van der Waals surface area contributed by atoms with E-state index in [-0.39, 0.29) is 12.0 Å². The van der Waals surface area contributed by atoms with Crippen LogP contribution in [0.2, 0.25) is 0 Å². The Balaban J connectivity index is 2.58. The van der Waals surface area contributed by atoms with Gasteiger partial charge in [-0.05, 0) is 39.2 Å². The molecule has 0 spiro atoms. The number of nitrogens with zero attached hydrogens (tertiary/aromatic N) is 1. The van der Waals surface area contributed by atoms with Crippen LogP contribution in [-0.4, -0.2) is 39.4 Å². The minimum Gasteiger partial charge on any atom is -0.428 e. The van der Waals surface area contributed by atoms with E-state index in [9.17, 15) is 4.79 Å². The van der Waals surface area contributed by atoms with E-state index >= 15 is 0 Å². The van der Waals surface area contributed by atoms with Gasteiger partial charge in [0.25, 0.3) is 0 Å². The lowest BCUT2D eigenvalue weighted by Gasteiger charge is -2.31. The second-order valence-electron chi connectivity index (χ2n) is 5.53. The number of carbonyl (C=O) groups excluding carboxylic acids is 1. The summed E-state index contributed by atoms with van der Waals surface area (Å²) in [5.41, 5.74) is 0.521. The van der Waals surface area contributed by atoms with Gasteiger partial charge in [0.2, 0.25) is 3.60 Å². The quantitative estimate of drug-likeness (QED) is 0.302. The van der Waals surface area contributed by atoms with E-state index in [2.05, 4.69) is 44.5 Å². The fourth-order valence-corrected chi connectivity index (χ4v) is 2.09. The van der Waals surface area contributed by atoms with Crippen LogP contribution in [0, 0.1) is 0 Å². The van der Waals surface area contributed by atoms with Gasteiger partial charge in [-0.25, -0.2) is 0 Å². The predicted octanol–water partition coefficient (Wildman–Crippen LogP) is 2.72. The summed E-state index contributed by atoms with van der Waals surface area (Å²) >= 11 is 11.9. The van der Waals surface area contributed by atoms with Crippen molar-refractivity contribution in [3.05, 3.63) is 12.2 Å². The molecule has 1 aliphatic heterocycles. The van der Waals surface area contributed by atoms with Gasteiger partial charge < -0.3 is 9.47 Å². The summed E-state index contributed by atoms with van der Waals surface area (Å²) in [4.78, 5) is 14.0. The number of carbonyl (C=O) groups is 1. The first-order valence-corrected chi connectivity index (χ1v) is 7.81. The first kappa shape index (κ1) is 18.2. The average molecular weight is 338 g/mol. The van der Waals surface area contributed by atoms with Crippen LogP contribution in [-0.2, 0) is 14.3 Å². The summed E-state index contributed by atoms with van der Waals surface area (Å²) < 4.78 is 9.56. The van der Waals surface area contributed by atoms with Crippen LogP contribution in [0.5, 0.6) is 0 Å². The minimum absolute atomic E-state index is 0.332. The van der Waals surface area contributed by atoms with E-state index < -0.39 is 9.20 Å². The summed E-state index contributed by atoms with van der Waals surface area (Å²) in [5.74, 6) is -0.376. The van der Waals surface area contributed by atoms with E-state index in [0.29, 0.717) is 6.73 Å². The smallest absolute Gasteiger partial charge is 0.326 e. The number of esters is 1. The molecule has 1 atom stereocenters. The maximum atomic E-state index is 12.0. The lowest BCUT2D eigenvalue weighted by molar-refractivity contribution is -0.152. The van der Waals surface area contributed by atoms with Gasteiger partial charge in [-0.3, -0.25) is 9.69 Å². The molecule has 0 saturated carbocycles. The van der Waals surface area contributed by atoms with Crippen LogP contribution >= 0.6 is 37.9 Å². The lowest BCUT2D eigenvalue weighted by atomic mass is 10.0. The van der Waals surface area contributed by atoms with Crippen molar-refractivity contribution >= 4 is 43.9 Å². The maximum Gasteiger partial charge on any atom is 0.326 e. The Morgan fingerprint density at radius 2 is 2.00 bits per heavy atom. The van der Waals surface area contributed by atoms with Crippen LogP contribution in [0.15, 0.2) is 12.2 Å². The number of likely N-dealkylation sites (tertiary alicyclic amines) is 1. The first-order valence-electron chi connectivity index (χ1n) is 6.47. The first-order chi connectivity index (χ1) is 9.03. The van der Waals surface area contributed by atoms with E-state index in [0.717, 1.165) is 25.0 Å². The number of hydrogen-bond acceptors (Lipinski definition) is 7. The van der Waals surface area contributed by atoms with Crippen molar-refractivity contribution in [1.82, 2.24) is 4.90 Å². The summed E-state index contributed by atoms with van der Waals surface area (Å²) in [6, 6.07) is -0.332. The van der Waals surface area contributed by atoms with Crippen LogP contribution < -0.4 is 0 Å². The molecule has 0 bridgehead atoms. The van der Waals surface area contributed by atoms with Crippen molar-refractivity contribution in [2.45, 2.75) is 48.9 Å². The Hall–Kier alpha value is 0.180. The molecule has 0 aliphatic carbocycles. The van der Waals surface area contributed by atoms with Crippen LogP contribution in [0.25, 0.3) is 0 Å². The Kier molecular flexibility index (Phi) is 6.34. The van der Waals surface area contributed by atoms with Gasteiger partial charge in [0, 0.05) is 6.54 Å². The molecule has 1 fully saturated rings. The molecule has 7 heteroatoms. The van der Waals surface area contributed by atoms with Gasteiger partial charge in [0.15, 0.2) is 0 Å². The summed E-state index contributed by atoms with van der Waals surface area (Å²) in [6.45, 7) is 10.9. The number of thiol groups is 3. The average Bonchev–Trinajstić information content (AvgIpc) is 2.72. The molecule has 0 aromatic rings. The molecule has 1 unspecified atom stereocenters. The van der Waals surface area contributed by atoms with Crippen molar-refractivity contribution in [1.29, 1.82) is 0 Å². The fourth-order valence-electron chi connectivity index (χ4n) is 1.82. The highest BCUT2D eigenvalue weighted by atomic mass is 32.2. The molecular formula is C13H23NO3S3. The minimum atomic E-state index is -1.36. The van der Waals surface area contributed by atoms with Crippen molar-refractivity contribution in [3.8, 4) is 0 Å². The highest BCUT2D eigenvalue weighted by Gasteiger charge is 2.35. The number of rotatable bonds is 6. The van der Waals surface area contributed by atoms with Gasteiger partial charge in [0.05, 0.1) is 5.60 Å². The molecule has 0 N–H and O–H groups in total. The monoisotopic (exact) mass is 337 g/mol. The second kappa shape index (κ2) is 6.96. The summed E-state index contributed by atoms with van der Waals surface area (Å²) in [7, 11) is 0. The Labute approximate surface area is 137 Å². The number of hydrogen-bond donors (Lipinski definition) is 3. The molecule has 4 nitrogen and oxygen atoms in total. The Bertz CT molecular complexity index is 380. The van der Waals surface area contributed by atoms with Crippen LogP contribution in [0.3, 0.4) is 0 Å². The topological polar surface area (TPSA) is 38.8 Å². The zero-order chi connectivity index (χ0) is 15.6. The highest BCUT2D eigenvalue weighted by molar-refractivity contribution is 8.16. The zero-order valence-electron chi connectivity index (χ0n) is 12.1. The van der Waals surface area contributed by atoms with Gasteiger partial charge in [0.1, 0.15) is 12.8 Å². The predicted molar refractivity (Wildman–Crippen MR) is 90.4 cm³/mol. The fraction of sp³-hybridized carbons (Fsp3) is 0.769. The summed E-state index contributed by atoms with van der Waals surface area (Å²) in [5, 5.41) is 0. The van der Waals surface area contributed by atoms with Crippen molar-refractivity contribution in [2.24, 2.45) is 0 Å². The lowest BCUT2D eigenvalue weighted by Crippen LogP contribution is -2.42. The highest BCUT2D eigenvalue weighted by Crippen LogP contribution is 2.29. The van der Waals surface area contributed by atoms with E-state index in [4.69, 9.17) is 9.47 Å². The van der Waals surface area contributed by atoms with Gasteiger partial charge in [-0.15, -0.1) is 37.9 Å². The third kappa shape index (κ3) is 5.52.